The lowest BCUT2D eigenvalue weighted by atomic mass is 9.97. The Morgan fingerprint density at radius 3 is 2.05 bits per heavy atom. The van der Waals surface area contributed by atoms with Crippen LogP contribution in [0.15, 0.2) is 47.1 Å². The zero-order valence-corrected chi connectivity index (χ0v) is 37.6. The smallest absolute Gasteiger partial charge is 0.292 e. The van der Waals surface area contributed by atoms with Crippen LogP contribution in [0.5, 0.6) is 0 Å². The average Bonchev–Trinajstić information content (AvgIpc) is 3.88. The molecule has 2 amide bonds. The lowest BCUT2D eigenvalue weighted by Gasteiger charge is -2.29. The van der Waals surface area contributed by atoms with Crippen molar-refractivity contribution in [3.63, 3.8) is 0 Å². The third-order valence-corrected chi connectivity index (χ3v) is 10.6. The summed E-state index contributed by atoms with van der Waals surface area (Å²) in [4.78, 5) is 41.9. The summed E-state index contributed by atoms with van der Waals surface area (Å²) in [5.41, 5.74) is 18.8. The van der Waals surface area contributed by atoms with E-state index in [0.29, 0.717) is 178 Å². The number of hydrogen-bond donors (Lipinski definition) is 2. The molecule has 0 saturated heterocycles. The van der Waals surface area contributed by atoms with E-state index in [1.165, 1.54) is 11.9 Å². The molecule has 354 valence electrons. The summed E-state index contributed by atoms with van der Waals surface area (Å²) in [7, 11) is 1.75. The number of likely N-dealkylation sites (N-methyl/N-ethyl adjacent to an activating group) is 1. The monoisotopic (exact) mass is 905 g/mol. The van der Waals surface area contributed by atoms with Crippen LogP contribution in [0.2, 0.25) is 0 Å². The highest BCUT2D eigenvalue weighted by Crippen LogP contribution is 2.33. The van der Waals surface area contributed by atoms with E-state index in [1.54, 1.807) is 18.0 Å². The maximum atomic E-state index is 13.0. The van der Waals surface area contributed by atoms with Crippen molar-refractivity contribution in [1.29, 1.82) is 0 Å². The number of oxazole rings is 1. The third-order valence-electron chi connectivity index (χ3n) is 10.6. The second-order valence-corrected chi connectivity index (χ2v) is 15.2. The number of rotatable bonds is 31. The Morgan fingerprint density at radius 2 is 1.37 bits per heavy atom. The van der Waals surface area contributed by atoms with E-state index in [2.05, 4.69) is 33.2 Å². The molecule has 1 aliphatic heterocycles. The summed E-state index contributed by atoms with van der Waals surface area (Å²) in [5.74, 6) is 0.388. The number of nitrogens with zero attached hydrogens (tertiary/aromatic N) is 7. The molecular weight excluding hydrogens is 843 g/mol. The molecule has 0 bridgehead atoms. The summed E-state index contributed by atoms with van der Waals surface area (Å²) in [6.45, 7) is 11.4. The zero-order chi connectivity index (χ0) is 45.6. The van der Waals surface area contributed by atoms with E-state index < -0.39 is 0 Å². The molecule has 0 fully saturated rings. The van der Waals surface area contributed by atoms with E-state index in [1.807, 2.05) is 28.6 Å². The third kappa shape index (κ3) is 15.4. The van der Waals surface area contributed by atoms with Crippen LogP contribution in [0, 0.1) is 0 Å². The quantitative estimate of drug-likeness (QED) is 0.0608. The van der Waals surface area contributed by atoms with Crippen LogP contribution < -0.4 is 11.5 Å². The molecule has 0 atom stereocenters. The van der Waals surface area contributed by atoms with Crippen LogP contribution in [-0.2, 0) is 67.0 Å². The number of nitrogens with two attached hydrogens (primary N) is 2. The normalized spacial score (nSPS) is 12.7. The number of ether oxygens (including phenoxy) is 8. The van der Waals surface area contributed by atoms with E-state index >= 15 is 0 Å². The van der Waals surface area contributed by atoms with Crippen molar-refractivity contribution >= 4 is 45.8 Å². The maximum Gasteiger partial charge on any atom is 0.292 e. The second kappa shape index (κ2) is 26.6. The molecule has 2 aromatic carbocycles. The summed E-state index contributed by atoms with van der Waals surface area (Å²) in [6, 6.07) is 12.0. The van der Waals surface area contributed by atoms with Crippen LogP contribution in [0.4, 0.5) is 11.8 Å². The fourth-order valence-corrected chi connectivity index (χ4v) is 7.09. The summed E-state index contributed by atoms with van der Waals surface area (Å²) in [6.07, 6.45) is 2.79. The first kappa shape index (κ1) is 49.1. The van der Waals surface area contributed by atoms with Crippen molar-refractivity contribution in [1.82, 2.24) is 34.5 Å². The van der Waals surface area contributed by atoms with Crippen LogP contribution >= 0.6 is 0 Å². The van der Waals surface area contributed by atoms with E-state index in [4.69, 9.17) is 58.9 Å². The predicted molar refractivity (Wildman–Crippen MR) is 241 cm³/mol. The first-order valence-electron chi connectivity index (χ1n) is 22.2. The van der Waals surface area contributed by atoms with Gasteiger partial charge in [0.1, 0.15) is 23.4 Å². The topological polar surface area (TPSA) is 236 Å². The van der Waals surface area contributed by atoms with Crippen molar-refractivity contribution in [2.45, 2.75) is 39.3 Å². The van der Waals surface area contributed by atoms with Crippen molar-refractivity contribution < 1.29 is 51.9 Å². The molecular formula is C45H63N9O11. The molecule has 0 aliphatic carbocycles. The number of aromatic nitrogens is 5. The Labute approximate surface area is 378 Å². The van der Waals surface area contributed by atoms with E-state index in [-0.39, 0.29) is 17.8 Å². The van der Waals surface area contributed by atoms with Gasteiger partial charge in [0, 0.05) is 38.9 Å². The SMILES string of the molecule is CCOCCOCCOCCOCCC(=O)N(C)CCOCCOCCOCCOCCC(=O)N1CCc2cc(Cn3nc(-c4ccc5oc(N)nc5c4)c4c(N)ncnc43)ccc2C1. The van der Waals surface area contributed by atoms with Gasteiger partial charge in [-0.05, 0) is 48.2 Å². The first-order chi connectivity index (χ1) is 31.8. The molecule has 3 aromatic heterocycles. The number of anilines is 2. The molecule has 0 saturated carbocycles. The van der Waals surface area contributed by atoms with Gasteiger partial charge in [0.05, 0.1) is 124 Å². The fourth-order valence-electron chi connectivity index (χ4n) is 7.09. The van der Waals surface area contributed by atoms with Crippen molar-refractivity contribution in [3.05, 3.63) is 59.4 Å². The average molecular weight is 906 g/mol. The standard InChI is InChI=1S/C45H63N9O11/c1-3-57-16-17-61-24-25-62-21-18-58-13-9-39(55)52(2)12-15-60-20-23-64-27-26-63-22-19-59-14-10-40(56)53-11-8-34-28-33(4-5-36(34)31-53)30-54-44-41(43(46)48-32-49-44)42(51-54)35-6-7-38-37(29-35)50-45(47)65-38/h4-7,28-29,32H,3,8-27,30-31H2,1-2H3,(H2,47,50)(H2,46,48,49). The number of carbonyl (C=O) groups is 2. The number of nitrogen functional groups attached to an aromatic ring is 2. The minimum Gasteiger partial charge on any atom is -0.424 e. The van der Waals surface area contributed by atoms with Gasteiger partial charge in [-0.15, -0.1) is 0 Å². The molecule has 20 nitrogen and oxygen atoms in total. The number of carbonyl (C=O) groups excluding carboxylic acids is 2. The summed E-state index contributed by atoms with van der Waals surface area (Å²) < 4.78 is 51.2. The molecule has 6 rings (SSSR count). The predicted octanol–water partition coefficient (Wildman–Crippen LogP) is 3.12. The molecule has 4 heterocycles. The summed E-state index contributed by atoms with van der Waals surface area (Å²) in [5, 5.41) is 5.58. The molecule has 0 spiro atoms. The molecule has 4 N–H and O–H groups in total. The lowest BCUT2D eigenvalue weighted by Crippen LogP contribution is -2.36. The Bertz CT molecular complexity index is 2240. The van der Waals surface area contributed by atoms with Gasteiger partial charge in [0.15, 0.2) is 11.2 Å². The van der Waals surface area contributed by atoms with Gasteiger partial charge < -0.3 is 63.6 Å². The van der Waals surface area contributed by atoms with Crippen LogP contribution in [0.25, 0.3) is 33.4 Å². The van der Waals surface area contributed by atoms with Crippen molar-refractivity contribution in [3.8, 4) is 11.3 Å². The maximum absolute atomic E-state index is 13.0. The van der Waals surface area contributed by atoms with Crippen LogP contribution in [0.1, 0.15) is 36.5 Å². The Morgan fingerprint density at radius 1 is 0.738 bits per heavy atom. The fraction of sp³-hybridized carbons (Fsp3) is 0.556. The molecule has 1 aliphatic rings. The van der Waals surface area contributed by atoms with E-state index in [0.717, 1.165) is 23.1 Å². The Balaban J connectivity index is 0.768. The largest absolute Gasteiger partial charge is 0.424 e. The highest BCUT2D eigenvalue weighted by molar-refractivity contribution is 5.99. The Hall–Kier alpha value is -5.32. The van der Waals surface area contributed by atoms with E-state index in [9.17, 15) is 9.59 Å². The summed E-state index contributed by atoms with van der Waals surface area (Å²) >= 11 is 0. The minimum absolute atomic E-state index is 0.00603. The number of hydrogen-bond acceptors (Lipinski definition) is 17. The van der Waals surface area contributed by atoms with Gasteiger partial charge in [-0.3, -0.25) is 9.59 Å². The van der Waals surface area contributed by atoms with Gasteiger partial charge in [-0.25, -0.2) is 14.6 Å². The molecule has 65 heavy (non-hydrogen) atoms. The lowest BCUT2D eigenvalue weighted by molar-refractivity contribution is -0.133. The Kier molecular flexibility index (Phi) is 20.1. The van der Waals surface area contributed by atoms with Crippen molar-refractivity contribution in [2.24, 2.45) is 0 Å². The van der Waals surface area contributed by atoms with Crippen LogP contribution in [-0.4, -0.2) is 172 Å². The number of fused-ring (bicyclic) bond motifs is 3. The second-order valence-electron chi connectivity index (χ2n) is 15.2. The van der Waals surface area contributed by atoms with Gasteiger partial charge in [-0.2, -0.15) is 10.1 Å². The van der Waals surface area contributed by atoms with Gasteiger partial charge in [-0.1, -0.05) is 18.2 Å². The molecule has 5 aromatic rings. The van der Waals surface area contributed by atoms with Gasteiger partial charge in [0.25, 0.3) is 6.01 Å². The highest BCUT2D eigenvalue weighted by Gasteiger charge is 2.22. The number of amides is 2. The molecule has 0 unspecified atom stereocenters. The van der Waals surface area contributed by atoms with Crippen LogP contribution in [0.3, 0.4) is 0 Å². The first-order valence-corrected chi connectivity index (χ1v) is 22.2. The zero-order valence-electron chi connectivity index (χ0n) is 37.6. The highest BCUT2D eigenvalue weighted by atomic mass is 16.6. The molecule has 0 radical (unpaired) electrons. The van der Waals surface area contributed by atoms with Crippen molar-refractivity contribution in [2.75, 3.05) is 137 Å². The van der Waals surface area contributed by atoms with Gasteiger partial charge >= 0.3 is 0 Å². The molecule has 20 heteroatoms. The minimum atomic E-state index is -0.00603. The number of benzene rings is 2. The van der Waals surface area contributed by atoms with Gasteiger partial charge in [0.2, 0.25) is 11.8 Å².